The van der Waals surface area contributed by atoms with E-state index in [1.165, 1.54) is 0 Å². The van der Waals surface area contributed by atoms with E-state index in [2.05, 4.69) is 0 Å². The fourth-order valence-electron chi connectivity index (χ4n) is 2.13. The molecule has 1 aromatic heterocycles. The molecule has 0 fully saturated rings. The van der Waals surface area contributed by atoms with E-state index in [0.717, 1.165) is 16.3 Å². The van der Waals surface area contributed by atoms with Gasteiger partial charge in [-0.15, -0.1) is 23.7 Å². The molecule has 0 radical (unpaired) electrons. The second kappa shape index (κ2) is 9.55. The quantitative estimate of drug-likeness (QED) is 0.821. The number of ether oxygens (including phenoxy) is 1. The van der Waals surface area contributed by atoms with E-state index in [4.69, 9.17) is 10.5 Å². The van der Waals surface area contributed by atoms with E-state index in [1.807, 2.05) is 53.6 Å². The van der Waals surface area contributed by atoms with Crippen LogP contribution in [-0.4, -0.2) is 19.1 Å². The number of hydrogen-bond donors (Lipinski definition) is 1. The SMILES string of the molecule is COc1ccc(N(Cc2cccs2)C(=O)CCC(C)N)cc1.Cl. The maximum Gasteiger partial charge on any atom is 0.227 e. The maximum atomic E-state index is 12.6. The van der Waals surface area contributed by atoms with Gasteiger partial charge < -0.3 is 15.4 Å². The van der Waals surface area contributed by atoms with Crippen LogP contribution in [0.4, 0.5) is 5.69 Å². The molecular formula is C17H23ClN2O2S. The lowest BCUT2D eigenvalue weighted by Gasteiger charge is -2.23. The van der Waals surface area contributed by atoms with Crippen LogP contribution in [-0.2, 0) is 11.3 Å². The lowest BCUT2D eigenvalue weighted by molar-refractivity contribution is -0.118. The molecular weight excluding hydrogens is 332 g/mol. The summed E-state index contributed by atoms with van der Waals surface area (Å²) in [6.07, 6.45) is 1.14. The molecule has 23 heavy (non-hydrogen) atoms. The summed E-state index contributed by atoms with van der Waals surface area (Å²) in [5, 5.41) is 2.02. The molecule has 1 amide bonds. The van der Waals surface area contributed by atoms with Gasteiger partial charge in [-0.05, 0) is 49.1 Å². The first-order valence-electron chi connectivity index (χ1n) is 7.32. The number of anilines is 1. The van der Waals surface area contributed by atoms with E-state index < -0.39 is 0 Å². The number of halogens is 1. The minimum Gasteiger partial charge on any atom is -0.497 e. The number of nitrogens with zero attached hydrogens (tertiary/aromatic N) is 1. The Bertz CT molecular complexity index is 585. The number of thiophene rings is 1. The largest absolute Gasteiger partial charge is 0.497 e. The van der Waals surface area contributed by atoms with Crippen molar-refractivity contribution in [3.8, 4) is 5.75 Å². The highest BCUT2D eigenvalue weighted by Crippen LogP contribution is 2.23. The molecule has 0 aliphatic heterocycles. The molecule has 1 aromatic carbocycles. The Morgan fingerprint density at radius 1 is 1.30 bits per heavy atom. The van der Waals surface area contributed by atoms with Crippen molar-refractivity contribution in [2.75, 3.05) is 12.0 Å². The monoisotopic (exact) mass is 354 g/mol. The van der Waals surface area contributed by atoms with E-state index in [0.29, 0.717) is 19.4 Å². The summed E-state index contributed by atoms with van der Waals surface area (Å²) in [4.78, 5) is 15.5. The molecule has 0 saturated carbocycles. The third-order valence-corrected chi connectivity index (χ3v) is 4.25. The van der Waals surface area contributed by atoms with E-state index in [9.17, 15) is 4.79 Å². The minimum atomic E-state index is 0. The van der Waals surface area contributed by atoms with Crippen LogP contribution >= 0.6 is 23.7 Å². The molecule has 1 atom stereocenters. The van der Waals surface area contributed by atoms with Gasteiger partial charge in [0, 0.05) is 23.0 Å². The first kappa shape index (κ1) is 19.5. The average Bonchev–Trinajstić information content (AvgIpc) is 3.03. The van der Waals surface area contributed by atoms with Crippen molar-refractivity contribution in [3.05, 3.63) is 46.7 Å². The Hall–Kier alpha value is -1.56. The third kappa shape index (κ3) is 5.86. The van der Waals surface area contributed by atoms with Crippen molar-refractivity contribution in [1.82, 2.24) is 0 Å². The van der Waals surface area contributed by atoms with Gasteiger partial charge in [0.2, 0.25) is 5.91 Å². The van der Waals surface area contributed by atoms with Crippen LogP contribution in [0, 0.1) is 0 Å². The van der Waals surface area contributed by atoms with E-state index in [1.54, 1.807) is 18.4 Å². The molecule has 0 saturated heterocycles. The van der Waals surface area contributed by atoms with Crippen LogP contribution in [0.25, 0.3) is 0 Å². The van der Waals surface area contributed by atoms with Crippen molar-refractivity contribution < 1.29 is 9.53 Å². The molecule has 1 heterocycles. The van der Waals surface area contributed by atoms with Gasteiger partial charge in [0.05, 0.1) is 13.7 Å². The first-order valence-corrected chi connectivity index (χ1v) is 8.20. The van der Waals surface area contributed by atoms with Crippen molar-refractivity contribution in [2.45, 2.75) is 32.4 Å². The fraction of sp³-hybridized carbons (Fsp3) is 0.353. The highest BCUT2D eigenvalue weighted by molar-refractivity contribution is 7.09. The molecule has 4 nitrogen and oxygen atoms in total. The summed E-state index contributed by atoms with van der Waals surface area (Å²) in [6, 6.07) is 11.6. The molecule has 126 valence electrons. The molecule has 0 aliphatic rings. The molecule has 2 N–H and O–H groups in total. The molecule has 6 heteroatoms. The summed E-state index contributed by atoms with van der Waals surface area (Å²) >= 11 is 1.65. The van der Waals surface area contributed by atoms with Gasteiger partial charge in [0.25, 0.3) is 0 Å². The van der Waals surface area contributed by atoms with Gasteiger partial charge in [0.1, 0.15) is 5.75 Å². The highest BCUT2D eigenvalue weighted by Gasteiger charge is 2.17. The zero-order valence-electron chi connectivity index (χ0n) is 13.4. The number of methoxy groups -OCH3 is 1. The van der Waals surface area contributed by atoms with Gasteiger partial charge in [-0.1, -0.05) is 6.07 Å². The Morgan fingerprint density at radius 3 is 2.52 bits per heavy atom. The van der Waals surface area contributed by atoms with Crippen LogP contribution in [0.15, 0.2) is 41.8 Å². The second-order valence-electron chi connectivity index (χ2n) is 5.27. The third-order valence-electron chi connectivity index (χ3n) is 3.39. The summed E-state index contributed by atoms with van der Waals surface area (Å²) < 4.78 is 5.18. The molecule has 0 spiro atoms. The number of benzene rings is 1. The average molecular weight is 355 g/mol. The van der Waals surface area contributed by atoms with Crippen LogP contribution in [0.2, 0.25) is 0 Å². The highest BCUT2D eigenvalue weighted by atomic mass is 35.5. The lowest BCUT2D eigenvalue weighted by atomic mass is 10.1. The first-order chi connectivity index (χ1) is 10.6. The van der Waals surface area contributed by atoms with Crippen LogP contribution < -0.4 is 15.4 Å². The summed E-state index contributed by atoms with van der Waals surface area (Å²) in [5.41, 5.74) is 6.65. The van der Waals surface area contributed by atoms with Gasteiger partial charge in [0.15, 0.2) is 0 Å². The van der Waals surface area contributed by atoms with Crippen molar-refractivity contribution >= 4 is 35.3 Å². The summed E-state index contributed by atoms with van der Waals surface area (Å²) in [7, 11) is 1.63. The zero-order valence-corrected chi connectivity index (χ0v) is 15.0. The number of hydrogen-bond acceptors (Lipinski definition) is 4. The molecule has 0 aliphatic carbocycles. The van der Waals surface area contributed by atoms with Crippen molar-refractivity contribution in [3.63, 3.8) is 0 Å². The summed E-state index contributed by atoms with van der Waals surface area (Å²) in [6.45, 7) is 2.51. The van der Waals surface area contributed by atoms with Crippen LogP contribution in [0.5, 0.6) is 5.75 Å². The number of amides is 1. The van der Waals surface area contributed by atoms with Crippen LogP contribution in [0.1, 0.15) is 24.6 Å². The molecule has 0 bridgehead atoms. The number of nitrogens with two attached hydrogens (primary N) is 1. The molecule has 2 aromatic rings. The number of carbonyl (C=O) groups excluding carboxylic acids is 1. The topological polar surface area (TPSA) is 55.6 Å². The van der Waals surface area contributed by atoms with Gasteiger partial charge in [-0.3, -0.25) is 4.79 Å². The van der Waals surface area contributed by atoms with E-state index >= 15 is 0 Å². The minimum absolute atomic E-state index is 0. The summed E-state index contributed by atoms with van der Waals surface area (Å²) in [5.74, 6) is 0.874. The Kier molecular flexibility index (Phi) is 8.09. The number of carbonyl (C=O) groups is 1. The predicted octanol–water partition coefficient (Wildman–Crippen LogP) is 3.84. The Balaban J connectivity index is 0.00000264. The smallest absolute Gasteiger partial charge is 0.227 e. The number of rotatable bonds is 7. The fourth-order valence-corrected chi connectivity index (χ4v) is 2.82. The van der Waals surface area contributed by atoms with Gasteiger partial charge in [-0.25, -0.2) is 0 Å². The molecule has 1 unspecified atom stereocenters. The molecule has 2 rings (SSSR count). The Labute approximate surface area is 147 Å². The van der Waals surface area contributed by atoms with Crippen LogP contribution in [0.3, 0.4) is 0 Å². The lowest BCUT2D eigenvalue weighted by Crippen LogP contribution is -2.31. The maximum absolute atomic E-state index is 12.6. The van der Waals surface area contributed by atoms with Gasteiger partial charge in [-0.2, -0.15) is 0 Å². The Morgan fingerprint density at radius 2 is 2.00 bits per heavy atom. The van der Waals surface area contributed by atoms with Gasteiger partial charge >= 0.3 is 0 Å². The second-order valence-corrected chi connectivity index (χ2v) is 6.31. The standard InChI is InChI=1S/C17H22N2O2S.ClH/c1-13(18)5-10-17(20)19(12-16-4-3-11-22-16)14-6-8-15(21-2)9-7-14;/h3-4,6-9,11,13H,5,10,12,18H2,1-2H3;1H. The van der Waals surface area contributed by atoms with Crippen molar-refractivity contribution in [2.24, 2.45) is 5.73 Å². The van der Waals surface area contributed by atoms with E-state index in [-0.39, 0.29) is 24.4 Å². The zero-order chi connectivity index (χ0) is 15.9. The van der Waals surface area contributed by atoms with Crippen molar-refractivity contribution in [1.29, 1.82) is 0 Å². The predicted molar refractivity (Wildman–Crippen MR) is 98.6 cm³/mol. The normalized spacial score (nSPS) is 11.4.